The van der Waals surface area contributed by atoms with Crippen molar-refractivity contribution in [3.8, 4) is 5.75 Å². The Labute approximate surface area is 156 Å². The first-order valence-electron chi connectivity index (χ1n) is 8.42. The van der Waals surface area contributed by atoms with Crippen LogP contribution in [-0.2, 0) is 0 Å². The van der Waals surface area contributed by atoms with E-state index >= 15 is 0 Å². The van der Waals surface area contributed by atoms with Gasteiger partial charge in [0.2, 0.25) is 0 Å². The third-order valence-electron chi connectivity index (χ3n) is 3.48. The lowest BCUT2D eigenvalue weighted by molar-refractivity contribution is 0.102. The molecule has 0 unspecified atom stereocenters. The summed E-state index contributed by atoms with van der Waals surface area (Å²) in [6.07, 6.45) is 1.39. The summed E-state index contributed by atoms with van der Waals surface area (Å²) in [4.78, 5) is 20.4. The maximum Gasteiger partial charge on any atom is 0.274 e. The number of rotatable bonds is 6. The summed E-state index contributed by atoms with van der Waals surface area (Å²) in [5.74, 6) is 0.356. The van der Waals surface area contributed by atoms with Gasteiger partial charge in [0.25, 0.3) is 5.91 Å². The van der Waals surface area contributed by atoms with Crippen LogP contribution in [-0.4, -0.2) is 22.0 Å². The number of nitrogens with zero attached hydrogens (tertiary/aromatic N) is 2. The minimum absolute atomic E-state index is 0.102. The topological polar surface area (TPSA) is 76.1 Å². The molecule has 1 heterocycles. The summed E-state index contributed by atoms with van der Waals surface area (Å²) in [7, 11) is 0. The lowest BCUT2D eigenvalue weighted by Gasteiger charge is -2.11. The van der Waals surface area contributed by atoms with Gasteiger partial charge < -0.3 is 15.4 Å². The lowest BCUT2D eigenvalue weighted by Crippen LogP contribution is -2.14. The summed E-state index contributed by atoms with van der Waals surface area (Å²) in [6, 6.07) is 14.6. The van der Waals surface area contributed by atoms with Gasteiger partial charge in [-0.1, -0.05) is 6.07 Å². The van der Waals surface area contributed by atoms with Crippen molar-refractivity contribution in [2.24, 2.45) is 0 Å². The van der Waals surface area contributed by atoms with Crippen LogP contribution in [0.3, 0.4) is 0 Å². The van der Waals surface area contributed by atoms with Gasteiger partial charge in [0, 0.05) is 17.4 Å². The van der Waals surface area contributed by atoms with Crippen LogP contribution in [0.4, 0.5) is 21.6 Å². The highest BCUT2D eigenvalue weighted by atomic mass is 19.1. The molecule has 27 heavy (non-hydrogen) atoms. The molecule has 0 atom stereocenters. The second-order valence-corrected chi connectivity index (χ2v) is 6.07. The van der Waals surface area contributed by atoms with Gasteiger partial charge in [-0.15, -0.1) is 0 Å². The average molecular weight is 366 g/mol. The molecule has 2 aromatic carbocycles. The number of hydrogen-bond acceptors (Lipinski definition) is 5. The fourth-order valence-corrected chi connectivity index (χ4v) is 2.35. The highest BCUT2D eigenvalue weighted by Gasteiger charge is 2.10. The third-order valence-corrected chi connectivity index (χ3v) is 3.48. The summed E-state index contributed by atoms with van der Waals surface area (Å²) >= 11 is 0. The minimum atomic E-state index is -0.452. The summed E-state index contributed by atoms with van der Waals surface area (Å²) in [6.45, 7) is 3.92. The van der Waals surface area contributed by atoms with Gasteiger partial charge in [0.15, 0.2) is 0 Å². The molecule has 1 amide bonds. The Kier molecular flexibility index (Phi) is 5.61. The van der Waals surface area contributed by atoms with E-state index in [1.165, 1.54) is 30.6 Å². The van der Waals surface area contributed by atoms with Crippen molar-refractivity contribution in [2.75, 3.05) is 10.6 Å². The molecular formula is C20H19FN4O2. The van der Waals surface area contributed by atoms with Crippen LogP contribution < -0.4 is 15.4 Å². The molecule has 0 saturated heterocycles. The van der Waals surface area contributed by atoms with Gasteiger partial charge in [-0.2, -0.15) is 0 Å². The molecular weight excluding hydrogens is 347 g/mol. The van der Waals surface area contributed by atoms with E-state index in [1.54, 1.807) is 6.07 Å². The van der Waals surface area contributed by atoms with Crippen molar-refractivity contribution in [1.82, 2.24) is 9.97 Å². The maximum atomic E-state index is 13.2. The number of carbonyl (C=O) groups excluding carboxylic acids is 1. The van der Waals surface area contributed by atoms with Crippen LogP contribution in [0.1, 0.15) is 24.3 Å². The molecule has 0 fully saturated rings. The summed E-state index contributed by atoms with van der Waals surface area (Å²) in [5, 5.41) is 5.71. The fourth-order valence-electron chi connectivity index (χ4n) is 2.35. The van der Waals surface area contributed by atoms with Crippen LogP contribution in [0.25, 0.3) is 0 Å². The van der Waals surface area contributed by atoms with E-state index in [-0.39, 0.29) is 11.8 Å². The Morgan fingerprint density at radius 2 is 1.81 bits per heavy atom. The molecule has 0 aliphatic carbocycles. The van der Waals surface area contributed by atoms with Crippen molar-refractivity contribution in [3.05, 3.63) is 72.4 Å². The fraction of sp³-hybridized carbons (Fsp3) is 0.150. The first-order chi connectivity index (χ1) is 13.0. The first-order valence-corrected chi connectivity index (χ1v) is 8.42. The molecule has 1 aromatic heterocycles. The Balaban J connectivity index is 1.68. The zero-order chi connectivity index (χ0) is 19.2. The highest BCUT2D eigenvalue weighted by molar-refractivity contribution is 6.03. The molecule has 0 aliphatic rings. The number of aromatic nitrogens is 2. The smallest absolute Gasteiger partial charge is 0.274 e. The molecule has 0 spiro atoms. The SMILES string of the molecule is CC(C)Oc1ccc(Nc2cc(C(=O)Nc3cccc(F)c3)ncn2)cc1. The molecule has 0 saturated carbocycles. The Bertz CT molecular complexity index is 929. The number of hydrogen-bond donors (Lipinski definition) is 2. The van der Waals surface area contributed by atoms with Crippen LogP contribution in [0.15, 0.2) is 60.9 Å². The Morgan fingerprint density at radius 3 is 2.52 bits per heavy atom. The van der Waals surface area contributed by atoms with Crippen molar-refractivity contribution < 1.29 is 13.9 Å². The van der Waals surface area contributed by atoms with E-state index in [0.717, 1.165) is 11.4 Å². The number of carbonyl (C=O) groups is 1. The standard InChI is InChI=1S/C20H19FN4O2/c1-13(2)27-17-8-6-15(7-9-17)24-19-11-18(22-12-23-19)20(26)25-16-5-3-4-14(21)10-16/h3-13H,1-2H3,(H,25,26)(H,22,23,24). The zero-order valence-electron chi connectivity index (χ0n) is 14.9. The van der Waals surface area contributed by atoms with Crippen molar-refractivity contribution >= 4 is 23.1 Å². The Morgan fingerprint density at radius 1 is 1.04 bits per heavy atom. The van der Waals surface area contributed by atoms with Gasteiger partial charge in [-0.05, 0) is 56.3 Å². The number of anilines is 3. The van der Waals surface area contributed by atoms with E-state index in [4.69, 9.17) is 4.74 Å². The molecule has 0 radical (unpaired) electrons. The molecule has 138 valence electrons. The van der Waals surface area contributed by atoms with E-state index in [2.05, 4.69) is 20.6 Å². The summed E-state index contributed by atoms with van der Waals surface area (Å²) < 4.78 is 18.8. The second-order valence-electron chi connectivity index (χ2n) is 6.07. The van der Waals surface area contributed by atoms with E-state index < -0.39 is 11.7 Å². The monoisotopic (exact) mass is 366 g/mol. The van der Waals surface area contributed by atoms with E-state index in [9.17, 15) is 9.18 Å². The normalized spacial score (nSPS) is 10.5. The Hall–Kier alpha value is -3.48. The predicted molar refractivity (Wildman–Crippen MR) is 102 cm³/mol. The van der Waals surface area contributed by atoms with Gasteiger partial charge in [-0.3, -0.25) is 4.79 Å². The van der Waals surface area contributed by atoms with Gasteiger partial charge in [0.05, 0.1) is 6.10 Å². The molecule has 3 rings (SSSR count). The zero-order valence-corrected chi connectivity index (χ0v) is 14.9. The van der Waals surface area contributed by atoms with Crippen LogP contribution >= 0.6 is 0 Å². The summed E-state index contributed by atoms with van der Waals surface area (Å²) in [5.41, 5.74) is 1.31. The molecule has 7 heteroatoms. The second kappa shape index (κ2) is 8.27. The molecule has 0 bridgehead atoms. The average Bonchev–Trinajstić information content (AvgIpc) is 2.63. The van der Waals surface area contributed by atoms with Crippen LogP contribution in [0, 0.1) is 5.82 Å². The number of benzene rings is 2. The number of ether oxygens (including phenoxy) is 1. The van der Waals surface area contributed by atoms with Gasteiger partial charge in [-0.25, -0.2) is 14.4 Å². The van der Waals surface area contributed by atoms with Gasteiger partial charge in [0.1, 0.15) is 29.4 Å². The maximum absolute atomic E-state index is 13.2. The number of amides is 1. The third kappa shape index (κ3) is 5.24. The van der Waals surface area contributed by atoms with E-state index in [0.29, 0.717) is 11.5 Å². The molecule has 0 aliphatic heterocycles. The van der Waals surface area contributed by atoms with Crippen molar-refractivity contribution in [3.63, 3.8) is 0 Å². The first kappa shape index (κ1) is 18.3. The van der Waals surface area contributed by atoms with Crippen molar-refractivity contribution in [1.29, 1.82) is 0 Å². The van der Waals surface area contributed by atoms with Gasteiger partial charge >= 0.3 is 0 Å². The number of nitrogens with one attached hydrogen (secondary N) is 2. The quantitative estimate of drug-likeness (QED) is 0.676. The predicted octanol–water partition coefficient (Wildman–Crippen LogP) is 4.40. The highest BCUT2D eigenvalue weighted by Crippen LogP contribution is 2.20. The molecule has 2 N–H and O–H groups in total. The molecule has 6 nitrogen and oxygen atoms in total. The minimum Gasteiger partial charge on any atom is -0.491 e. The number of halogens is 1. The molecule has 3 aromatic rings. The lowest BCUT2D eigenvalue weighted by atomic mass is 10.2. The van der Waals surface area contributed by atoms with Crippen LogP contribution in [0.5, 0.6) is 5.75 Å². The van der Waals surface area contributed by atoms with Crippen molar-refractivity contribution in [2.45, 2.75) is 20.0 Å². The van der Waals surface area contributed by atoms with E-state index in [1.807, 2.05) is 38.1 Å². The largest absolute Gasteiger partial charge is 0.491 e. The van der Waals surface area contributed by atoms with Crippen LogP contribution in [0.2, 0.25) is 0 Å².